The minimum Gasteiger partial charge on any atom is -0.457 e. The lowest BCUT2D eigenvalue weighted by molar-refractivity contribution is -0.149. The van der Waals surface area contributed by atoms with Crippen LogP contribution in [0.3, 0.4) is 0 Å². The molecule has 1 aliphatic rings. The minimum atomic E-state index is -3.03. The van der Waals surface area contributed by atoms with Crippen LogP contribution in [-0.2, 0) is 9.53 Å². The van der Waals surface area contributed by atoms with E-state index in [1.807, 2.05) is 6.07 Å². The largest absolute Gasteiger partial charge is 0.457 e. The average Bonchev–Trinajstić information content (AvgIpc) is 3.15. The van der Waals surface area contributed by atoms with Gasteiger partial charge in [0.25, 0.3) is 6.43 Å². The third kappa shape index (κ3) is 4.00. The molecular formula is C20H14Cl3F2NO3. The Hall–Kier alpha value is -2.07. The molecule has 0 spiro atoms. The van der Waals surface area contributed by atoms with Gasteiger partial charge in [-0.15, -0.1) is 23.2 Å². The predicted octanol–water partition coefficient (Wildman–Crippen LogP) is 6.11. The Balaban J connectivity index is 1.75. The number of carbonyl (C=O) groups is 1. The van der Waals surface area contributed by atoms with Crippen molar-refractivity contribution in [2.24, 2.45) is 5.92 Å². The van der Waals surface area contributed by atoms with Crippen molar-refractivity contribution in [1.29, 1.82) is 5.26 Å². The first kappa shape index (κ1) is 21.6. The molecule has 4 atom stereocenters. The molecule has 1 fully saturated rings. The van der Waals surface area contributed by atoms with E-state index in [1.165, 1.54) is 13.0 Å². The van der Waals surface area contributed by atoms with E-state index >= 15 is 0 Å². The number of carbonyl (C=O) groups excluding carboxylic acids is 1. The van der Waals surface area contributed by atoms with Crippen LogP contribution in [0.15, 0.2) is 48.5 Å². The number of nitrogens with zero attached hydrogens (tertiary/aromatic N) is 1. The molecule has 0 amide bonds. The number of halogens is 5. The van der Waals surface area contributed by atoms with E-state index in [0.717, 1.165) is 0 Å². The number of rotatable bonds is 6. The summed E-state index contributed by atoms with van der Waals surface area (Å²) in [4.78, 5) is 8.47. The van der Waals surface area contributed by atoms with Crippen LogP contribution >= 0.6 is 34.8 Å². The van der Waals surface area contributed by atoms with Crippen LogP contribution in [0, 0.1) is 17.2 Å². The van der Waals surface area contributed by atoms with Crippen molar-refractivity contribution < 1.29 is 23.0 Å². The van der Waals surface area contributed by atoms with Gasteiger partial charge in [-0.3, -0.25) is 4.79 Å². The van der Waals surface area contributed by atoms with Gasteiger partial charge in [0, 0.05) is 10.6 Å². The minimum absolute atomic E-state index is 0.307. The summed E-state index contributed by atoms with van der Waals surface area (Å²) in [5.74, 6) is -1.61. The van der Waals surface area contributed by atoms with Crippen LogP contribution in [0.1, 0.15) is 18.6 Å². The highest BCUT2D eigenvalue weighted by Crippen LogP contribution is 2.66. The first-order valence-electron chi connectivity index (χ1n) is 8.40. The summed E-state index contributed by atoms with van der Waals surface area (Å²) in [7, 11) is 0. The molecule has 29 heavy (non-hydrogen) atoms. The maximum absolute atomic E-state index is 13.2. The topological polar surface area (TPSA) is 59.3 Å². The third-order valence-electron chi connectivity index (χ3n) is 4.74. The van der Waals surface area contributed by atoms with Crippen molar-refractivity contribution >= 4 is 40.8 Å². The van der Waals surface area contributed by atoms with E-state index in [4.69, 9.17) is 44.3 Å². The summed E-state index contributed by atoms with van der Waals surface area (Å²) in [6.45, 7) is 1.24. The van der Waals surface area contributed by atoms with E-state index in [-0.39, 0.29) is 0 Å². The molecule has 2 aromatic carbocycles. The first-order chi connectivity index (χ1) is 13.6. The van der Waals surface area contributed by atoms with Gasteiger partial charge < -0.3 is 9.47 Å². The van der Waals surface area contributed by atoms with E-state index in [0.29, 0.717) is 22.1 Å². The van der Waals surface area contributed by atoms with Crippen molar-refractivity contribution in [1.82, 2.24) is 0 Å². The van der Waals surface area contributed by atoms with Gasteiger partial charge >= 0.3 is 5.97 Å². The average molecular weight is 461 g/mol. The summed E-state index contributed by atoms with van der Waals surface area (Å²) in [5.41, 5.74) is 0.307. The van der Waals surface area contributed by atoms with Gasteiger partial charge in [0.05, 0.1) is 4.87 Å². The Morgan fingerprint density at radius 2 is 1.83 bits per heavy atom. The molecule has 3 rings (SSSR count). The van der Waals surface area contributed by atoms with E-state index < -0.39 is 34.2 Å². The lowest BCUT2D eigenvalue weighted by atomic mass is 10.1. The summed E-state index contributed by atoms with van der Waals surface area (Å²) in [6.07, 6.45) is -4.37. The fourth-order valence-electron chi connectivity index (χ4n) is 3.03. The van der Waals surface area contributed by atoms with E-state index in [1.54, 1.807) is 42.5 Å². The van der Waals surface area contributed by atoms with Crippen LogP contribution < -0.4 is 4.74 Å². The summed E-state index contributed by atoms with van der Waals surface area (Å²) < 4.78 is 37.3. The fourth-order valence-corrected chi connectivity index (χ4v) is 3.98. The Morgan fingerprint density at radius 1 is 1.17 bits per heavy atom. The Morgan fingerprint density at radius 3 is 2.38 bits per heavy atom. The highest BCUT2D eigenvalue weighted by atomic mass is 35.5. The monoisotopic (exact) mass is 459 g/mol. The zero-order valence-electron chi connectivity index (χ0n) is 14.9. The van der Waals surface area contributed by atoms with Gasteiger partial charge in [0.15, 0.2) is 0 Å². The number of benzene rings is 2. The number of nitriles is 1. The van der Waals surface area contributed by atoms with Crippen LogP contribution in [0.4, 0.5) is 8.78 Å². The van der Waals surface area contributed by atoms with Gasteiger partial charge in [-0.1, -0.05) is 23.7 Å². The standard InChI is InChI=1S/C20H14Cl3F2NO3/c1-19(22)16(20(19,23)18(24)25)17(27)29-15(10-26)11-3-2-4-14(9-11)28-13-7-5-12(21)6-8-13/h2-9,15-16,18H,1H3. The third-order valence-corrected chi connectivity index (χ3v) is 6.40. The highest BCUT2D eigenvalue weighted by molar-refractivity contribution is 6.42. The zero-order valence-corrected chi connectivity index (χ0v) is 17.2. The highest BCUT2D eigenvalue weighted by Gasteiger charge is 2.81. The number of hydrogen-bond donors (Lipinski definition) is 0. The number of alkyl halides is 4. The molecule has 0 bridgehead atoms. The van der Waals surface area contributed by atoms with Crippen molar-refractivity contribution in [3.8, 4) is 17.6 Å². The molecule has 0 aromatic heterocycles. The number of esters is 1. The molecule has 9 heteroatoms. The lowest BCUT2D eigenvalue weighted by Gasteiger charge is -2.14. The molecule has 4 unspecified atom stereocenters. The van der Waals surface area contributed by atoms with Crippen LogP contribution in [-0.4, -0.2) is 22.1 Å². The van der Waals surface area contributed by atoms with Gasteiger partial charge in [-0.25, -0.2) is 8.78 Å². The molecule has 0 radical (unpaired) electrons. The number of hydrogen-bond acceptors (Lipinski definition) is 4. The van der Waals surface area contributed by atoms with E-state index in [2.05, 4.69) is 0 Å². The van der Waals surface area contributed by atoms with Crippen LogP contribution in [0.25, 0.3) is 0 Å². The molecule has 0 saturated heterocycles. The molecule has 0 N–H and O–H groups in total. The maximum Gasteiger partial charge on any atom is 0.314 e. The zero-order chi connectivity index (χ0) is 21.4. The van der Waals surface area contributed by atoms with Gasteiger partial charge in [-0.05, 0) is 43.3 Å². The number of ether oxygens (including phenoxy) is 2. The molecule has 4 nitrogen and oxygen atoms in total. The second-order valence-electron chi connectivity index (χ2n) is 6.65. The summed E-state index contributed by atoms with van der Waals surface area (Å²) in [6, 6.07) is 14.8. The van der Waals surface area contributed by atoms with Crippen molar-refractivity contribution in [3.63, 3.8) is 0 Å². The normalized spacial score (nSPS) is 26.5. The Labute approximate surface area is 180 Å². The molecule has 2 aromatic rings. The van der Waals surface area contributed by atoms with E-state index in [9.17, 15) is 18.8 Å². The Bertz CT molecular complexity index is 962. The summed E-state index contributed by atoms with van der Waals surface area (Å²) >= 11 is 17.6. The van der Waals surface area contributed by atoms with Crippen molar-refractivity contribution in [2.75, 3.05) is 0 Å². The SMILES string of the molecule is CC1(Cl)C(C(=O)OC(C#N)c2cccc(Oc3ccc(Cl)cc3)c2)C1(Cl)C(F)F. The second kappa shape index (κ2) is 7.98. The maximum atomic E-state index is 13.2. The quantitative estimate of drug-likeness (QED) is 0.385. The van der Waals surface area contributed by atoms with Gasteiger partial charge in [0.2, 0.25) is 6.10 Å². The molecule has 1 aliphatic carbocycles. The van der Waals surface area contributed by atoms with Crippen molar-refractivity contribution in [3.05, 3.63) is 59.1 Å². The van der Waals surface area contributed by atoms with Gasteiger partial charge in [-0.2, -0.15) is 5.26 Å². The fraction of sp³-hybridized carbons (Fsp3) is 0.300. The first-order valence-corrected chi connectivity index (χ1v) is 9.54. The second-order valence-corrected chi connectivity index (χ2v) is 8.50. The molecule has 152 valence electrons. The van der Waals surface area contributed by atoms with Gasteiger partial charge in [0.1, 0.15) is 28.4 Å². The van der Waals surface area contributed by atoms with Crippen molar-refractivity contribution in [2.45, 2.75) is 29.2 Å². The summed E-state index contributed by atoms with van der Waals surface area (Å²) in [5, 5.41) is 9.96. The Kier molecular flexibility index (Phi) is 5.96. The van der Waals surface area contributed by atoms with Crippen LogP contribution in [0.2, 0.25) is 5.02 Å². The van der Waals surface area contributed by atoms with Crippen LogP contribution in [0.5, 0.6) is 11.5 Å². The molecule has 0 aliphatic heterocycles. The molecule has 1 saturated carbocycles. The predicted molar refractivity (Wildman–Crippen MR) is 105 cm³/mol. The molecule has 0 heterocycles. The smallest absolute Gasteiger partial charge is 0.314 e. The molecular weight excluding hydrogens is 447 g/mol. The lowest BCUT2D eigenvalue weighted by Crippen LogP contribution is -2.23.